The van der Waals surface area contributed by atoms with Crippen LogP contribution in [-0.2, 0) is 10.0 Å². The maximum absolute atomic E-state index is 11.1. The molecule has 1 aliphatic heterocycles. The first-order valence-corrected chi connectivity index (χ1v) is 8.68. The van der Waals surface area contributed by atoms with E-state index in [-0.39, 0.29) is 17.3 Å². The van der Waals surface area contributed by atoms with Crippen molar-refractivity contribution >= 4 is 22.4 Å². The second-order valence-electron chi connectivity index (χ2n) is 5.33. The molecule has 8 heteroatoms. The van der Waals surface area contributed by atoms with Crippen LogP contribution in [0.15, 0.2) is 29.2 Å². The Bertz CT molecular complexity index is 545. The molecule has 1 aromatic carbocycles. The number of nitrogens with one attached hydrogen (secondary N) is 1. The van der Waals surface area contributed by atoms with E-state index in [1.54, 1.807) is 12.1 Å². The monoisotopic (exact) mass is 349 g/mol. The first kappa shape index (κ1) is 19.2. The van der Waals surface area contributed by atoms with Gasteiger partial charge in [-0.2, -0.15) is 0 Å². The fourth-order valence-electron chi connectivity index (χ4n) is 2.46. The van der Waals surface area contributed by atoms with Gasteiger partial charge in [-0.05, 0) is 57.2 Å². The van der Waals surface area contributed by atoms with E-state index in [1.807, 2.05) is 0 Å². The summed E-state index contributed by atoms with van der Waals surface area (Å²) < 4.78 is 27.9. The van der Waals surface area contributed by atoms with E-state index in [1.165, 1.54) is 25.0 Å². The Morgan fingerprint density at radius 2 is 1.86 bits per heavy atom. The maximum Gasteiger partial charge on any atom is 0.238 e. The average molecular weight is 350 g/mol. The van der Waals surface area contributed by atoms with Crippen LogP contribution in [0.25, 0.3) is 0 Å². The summed E-state index contributed by atoms with van der Waals surface area (Å²) in [6, 6.07) is 6.79. The number of ether oxygens (including phenoxy) is 1. The van der Waals surface area contributed by atoms with Crippen LogP contribution in [0.1, 0.15) is 12.8 Å². The first-order chi connectivity index (χ1) is 9.97. The average Bonchev–Trinajstić information content (AvgIpc) is 2.47. The predicted octanol–water partition coefficient (Wildman–Crippen LogP) is 0.818. The van der Waals surface area contributed by atoms with Gasteiger partial charge in [-0.3, -0.25) is 4.90 Å². The molecule has 1 saturated heterocycles. The molecule has 0 unspecified atom stereocenters. The van der Waals surface area contributed by atoms with Crippen molar-refractivity contribution in [3.05, 3.63) is 24.3 Å². The number of hydrogen-bond acceptors (Lipinski definition) is 5. The summed E-state index contributed by atoms with van der Waals surface area (Å²) >= 11 is 0. The van der Waals surface area contributed by atoms with Crippen LogP contribution in [0, 0.1) is 0 Å². The zero-order chi connectivity index (χ0) is 15.3. The Morgan fingerprint density at radius 1 is 1.27 bits per heavy atom. The number of likely N-dealkylation sites (N-methyl/N-ethyl adjacent to an activating group) is 1. The highest BCUT2D eigenvalue weighted by atomic mass is 35.5. The molecule has 0 aliphatic carbocycles. The van der Waals surface area contributed by atoms with Gasteiger partial charge in [-0.1, -0.05) is 0 Å². The predicted molar refractivity (Wildman–Crippen MR) is 89.1 cm³/mol. The molecule has 1 aliphatic rings. The number of nitrogens with two attached hydrogens (primary N) is 1. The molecule has 0 radical (unpaired) electrons. The highest BCUT2D eigenvalue weighted by Crippen LogP contribution is 2.15. The van der Waals surface area contributed by atoms with Gasteiger partial charge in [0.15, 0.2) is 0 Å². The van der Waals surface area contributed by atoms with Crippen molar-refractivity contribution < 1.29 is 13.2 Å². The minimum Gasteiger partial charge on any atom is -0.492 e. The molecule has 0 amide bonds. The van der Waals surface area contributed by atoms with Crippen molar-refractivity contribution in [3.8, 4) is 5.75 Å². The second-order valence-corrected chi connectivity index (χ2v) is 6.89. The van der Waals surface area contributed by atoms with Gasteiger partial charge in [0.2, 0.25) is 10.0 Å². The smallest absolute Gasteiger partial charge is 0.238 e. The van der Waals surface area contributed by atoms with Crippen LogP contribution >= 0.6 is 12.4 Å². The van der Waals surface area contributed by atoms with Crippen LogP contribution in [0.4, 0.5) is 0 Å². The van der Waals surface area contributed by atoms with Crippen molar-refractivity contribution in [2.45, 2.75) is 23.8 Å². The summed E-state index contributed by atoms with van der Waals surface area (Å²) in [5.74, 6) is 0.654. The molecular weight excluding hydrogens is 326 g/mol. The summed E-state index contributed by atoms with van der Waals surface area (Å²) in [5, 5.41) is 8.40. The van der Waals surface area contributed by atoms with Gasteiger partial charge in [0.05, 0.1) is 4.90 Å². The lowest BCUT2D eigenvalue weighted by Gasteiger charge is -2.31. The molecule has 0 saturated carbocycles. The standard InChI is InChI=1S/C14H23N3O3S.ClH/c1-17(12-6-8-16-9-7-12)10-11-20-13-2-4-14(5-3-13)21(15,18)19;/h2-5,12,16H,6-11H2,1H3,(H2,15,18,19);1H. The lowest BCUT2D eigenvalue weighted by Crippen LogP contribution is -2.42. The number of benzene rings is 1. The fraction of sp³-hybridized carbons (Fsp3) is 0.571. The molecule has 0 bridgehead atoms. The molecule has 0 aromatic heterocycles. The number of rotatable bonds is 6. The van der Waals surface area contributed by atoms with E-state index < -0.39 is 10.0 Å². The number of hydrogen-bond donors (Lipinski definition) is 2. The highest BCUT2D eigenvalue weighted by molar-refractivity contribution is 7.89. The third kappa shape index (κ3) is 5.73. The Morgan fingerprint density at radius 3 is 2.41 bits per heavy atom. The zero-order valence-corrected chi connectivity index (χ0v) is 14.3. The van der Waals surface area contributed by atoms with Gasteiger partial charge in [-0.15, -0.1) is 12.4 Å². The SMILES string of the molecule is CN(CCOc1ccc(S(N)(=O)=O)cc1)C1CCNCC1.Cl. The molecule has 6 nitrogen and oxygen atoms in total. The summed E-state index contributed by atoms with van der Waals surface area (Å²) in [4.78, 5) is 2.42. The first-order valence-electron chi connectivity index (χ1n) is 7.13. The number of sulfonamides is 1. The molecule has 2 rings (SSSR count). The molecule has 3 N–H and O–H groups in total. The van der Waals surface area contributed by atoms with Crippen molar-refractivity contribution in [3.63, 3.8) is 0 Å². The van der Waals surface area contributed by atoms with Crippen molar-refractivity contribution in [2.75, 3.05) is 33.3 Å². The molecule has 1 fully saturated rings. The second kappa shape index (κ2) is 8.69. The quantitative estimate of drug-likeness (QED) is 0.794. The van der Waals surface area contributed by atoms with Crippen LogP contribution in [0.3, 0.4) is 0 Å². The topological polar surface area (TPSA) is 84.7 Å². The van der Waals surface area contributed by atoms with Gasteiger partial charge in [-0.25, -0.2) is 13.6 Å². The Labute approximate surface area is 138 Å². The Hall–Kier alpha value is -0.860. The van der Waals surface area contributed by atoms with Crippen LogP contribution in [-0.4, -0.2) is 52.6 Å². The van der Waals surface area contributed by atoms with Gasteiger partial charge in [0, 0.05) is 12.6 Å². The van der Waals surface area contributed by atoms with Gasteiger partial charge >= 0.3 is 0 Å². The number of nitrogens with zero attached hydrogens (tertiary/aromatic N) is 1. The summed E-state index contributed by atoms with van der Waals surface area (Å²) in [5.41, 5.74) is 0. The normalized spacial score (nSPS) is 16.3. The molecule has 1 heterocycles. The van der Waals surface area contributed by atoms with Gasteiger partial charge in [0.1, 0.15) is 12.4 Å². The lowest BCUT2D eigenvalue weighted by molar-refractivity contribution is 0.165. The van der Waals surface area contributed by atoms with Crippen LogP contribution < -0.4 is 15.2 Å². The third-order valence-corrected chi connectivity index (χ3v) is 4.73. The van der Waals surface area contributed by atoms with Gasteiger partial charge < -0.3 is 10.1 Å². The van der Waals surface area contributed by atoms with Crippen molar-refractivity contribution in [1.29, 1.82) is 0 Å². The van der Waals surface area contributed by atoms with E-state index in [0.29, 0.717) is 18.4 Å². The van der Waals surface area contributed by atoms with Crippen molar-refractivity contribution in [2.24, 2.45) is 5.14 Å². The number of halogens is 1. The Balaban J connectivity index is 0.00000242. The molecule has 1 aromatic rings. The highest BCUT2D eigenvalue weighted by Gasteiger charge is 2.17. The fourth-order valence-corrected chi connectivity index (χ4v) is 2.98. The van der Waals surface area contributed by atoms with Crippen LogP contribution in [0.2, 0.25) is 0 Å². The van der Waals surface area contributed by atoms with E-state index in [4.69, 9.17) is 9.88 Å². The largest absolute Gasteiger partial charge is 0.492 e. The maximum atomic E-state index is 11.1. The minimum atomic E-state index is -3.64. The Kier molecular flexibility index (Phi) is 7.58. The van der Waals surface area contributed by atoms with E-state index >= 15 is 0 Å². The minimum absolute atomic E-state index is 0. The molecule has 22 heavy (non-hydrogen) atoms. The third-order valence-electron chi connectivity index (χ3n) is 3.80. The van der Waals surface area contributed by atoms with Crippen molar-refractivity contribution in [1.82, 2.24) is 10.2 Å². The lowest BCUT2D eigenvalue weighted by atomic mass is 10.1. The van der Waals surface area contributed by atoms with E-state index in [0.717, 1.165) is 19.6 Å². The number of primary sulfonamides is 1. The molecular formula is C14H24ClN3O3S. The summed E-state index contributed by atoms with van der Waals surface area (Å²) in [6.45, 7) is 3.58. The molecule has 0 atom stereocenters. The molecule has 0 spiro atoms. The molecule has 126 valence electrons. The summed E-state index contributed by atoms with van der Waals surface area (Å²) in [7, 11) is -1.52. The zero-order valence-electron chi connectivity index (χ0n) is 12.7. The van der Waals surface area contributed by atoms with E-state index in [9.17, 15) is 8.42 Å². The van der Waals surface area contributed by atoms with E-state index in [2.05, 4.69) is 17.3 Å². The van der Waals surface area contributed by atoms with Crippen LogP contribution in [0.5, 0.6) is 5.75 Å². The summed E-state index contributed by atoms with van der Waals surface area (Å²) in [6.07, 6.45) is 2.33. The van der Waals surface area contributed by atoms with Gasteiger partial charge in [0.25, 0.3) is 0 Å². The number of piperidine rings is 1.